The summed E-state index contributed by atoms with van der Waals surface area (Å²) in [5.41, 5.74) is 1.19. The Balaban J connectivity index is 0.00000363. The van der Waals surface area contributed by atoms with Crippen molar-refractivity contribution in [2.24, 2.45) is 4.99 Å². The SMILES string of the molecule is CN=C(NCc1cccc(OCCN(C)CCOC)c1)NC1CCN(C2CCCC2)C1.I. The van der Waals surface area contributed by atoms with Crippen LogP contribution in [-0.2, 0) is 11.3 Å². The van der Waals surface area contributed by atoms with Gasteiger partial charge in [0.1, 0.15) is 12.4 Å². The van der Waals surface area contributed by atoms with E-state index in [0.717, 1.165) is 50.5 Å². The Morgan fingerprint density at radius 2 is 1.97 bits per heavy atom. The second kappa shape index (κ2) is 14.9. The maximum absolute atomic E-state index is 5.94. The van der Waals surface area contributed by atoms with Gasteiger partial charge >= 0.3 is 0 Å². The maximum Gasteiger partial charge on any atom is 0.191 e. The van der Waals surface area contributed by atoms with Crippen LogP contribution in [0.4, 0.5) is 0 Å². The first kappa shape index (κ1) is 27.1. The summed E-state index contributed by atoms with van der Waals surface area (Å²) >= 11 is 0. The summed E-state index contributed by atoms with van der Waals surface area (Å²) < 4.78 is 11.0. The minimum Gasteiger partial charge on any atom is -0.492 e. The van der Waals surface area contributed by atoms with Gasteiger partial charge < -0.3 is 25.0 Å². The van der Waals surface area contributed by atoms with E-state index in [1.54, 1.807) is 7.11 Å². The Kier molecular flexibility index (Phi) is 12.7. The van der Waals surface area contributed by atoms with E-state index in [9.17, 15) is 0 Å². The first-order valence-electron chi connectivity index (χ1n) is 11.8. The van der Waals surface area contributed by atoms with Gasteiger partial charge in [-0.1, -0.05) is 25.0 Å². The average molecular weight is 560 g/mol. The number of ether oxygens (including phenoxy) is 2. The predicted octanol–water partition coefficient (Wildman–Crippen LogP) is 2.94. The summed E-state index contributed by atoms with van der Waals surface area (Å²) in [6.45, 7) is 6.26. The molecule has 2 aliphatic rings. The Hall–Kier alpha value is -1.10. The van der Waals surface area contributed by atoms with Crippen LogP contribution in [0.2, 0.25) is 0 Å². The van der Waals surface area contributed by atoms with Crippen LogP contribution in [0, 0.1) is 0 Å². The van der Waals surface area contributed by atoms with Crippen molar-refractivity contribution in [1.82, 2.24) is 20.4 Å². The molecule has 1 heterocycles. The number of hydrogen-bond donors (Lipinski definition) is 2. The Bertz CT molecular complexity index is 684. The van der Waals surface area contributed by atoms with E-state index in [0.29, 0.717) is 12.6 Å². The third kappa shape index (κ3) is 9.03. The highest BCUT2D eigenvalue weighted by molar-refractivity contribution is 14.0. The number of likely N-dealkylation sites (tertiary alicyclic amines) is 1. The summed E-state index contributed by atoms with van der Waals surface area (Å²) in [4.78, 5) is 9.32. The van der Waals surface area contributed by atoms with Crippen LogP contribution in [0.15, 0.2) is 29.3 Å². The van der Waals surface area contributed by atoms with E-state index in [4.69, 9.17) is 9.47 Å². The van der Waals surface area contributed by atoms with E-state index in [2.05, 4.69) is 44.6 Å². The number of methoxy groups -OCH3 is 1. The fourth-order valence-corrected chi connectivity index (χ4v) is 4.50. The lowest BCUT2D eigenvalue weighted by Gasteiger charge is -2.24. The van der Waals surface area contributed by atoms with Crippen LogP contribution < -0.4 is 15.4 Å². The van der Waals surface area contributed by atoms with Crippen molar-refractivity contribution in [1.29, 1.82) is 0 Å². The zero-order valence-electron chi connectivity index (χ0n) is 20.0. The molecule has 1 aliphatic heterocycles. The molecule has 0 aromatic heterocycles. The van der Waals surface area contributed by atoms with Crippen molar-refractivity contribution in [3.05, 3.63) is 29.8 Å². The molecule has 1 saturated heterocycles. The van der Waals surface area contributed by atoms with Crippen molar-refractivity contribution < 1.29 is 9.47 Å². The first-order valence-corrected chi connectivity index (χ1v) is 11.8. The number of nitrogens with one attached hydrogen (secondary N) is 2. The van der Waals surface area contributed by atoms with Gasteiger partial charge in [0.25, 0.3) is 0 Å². The fourth-order valence-electron chi connectivity index (χ4n) is 4.50. The van der Waals surface area contributed by atoms with Gasteiger partial charge in [-0.15, -0.1) is 24.0 Å². The van der Waals surface area contributed by atoms with E-state index < -0.39 is 0 Å². The minimum atomic E-state index is 0. The molecule has 182 valence electrons. The highest BCUT2D eigenvalue weighted by Crippen LogP contribution is 2.26. The number of hydrogen-bond acceptors (Lipinski definition) is 5. The molecule has 0 spiro atoms. The molecule has 0 amide bonds. The van der Waals surface area contributed by atoms with Crippen LogP contribution >= 0.6 is 24.0 Å². The molecule has 2 N–H and O–H groups in total. The summed E-state index contributed by atoms with van der Waals surface area (Å²) in [7, 11) is 5.66. The van der Waals surface area contributed by atoms with Crippen molar-refractivity contribution in [2.45, 2.75) is 50.7 Å². The average Bonchev–Trinajstić information content (AvgIpc) is 3.47. The number of aliphatic imine (C=N–C) groups is 1. The Labute approximate surface area is 211 Å². The first-order chi connectivity index (χ1) is 15.2. The molecule has 8 heteroatoms. The van der Waals surface area contributed by atoms with Gasteiger partial charge in [0.2, 0.25) is 0 Å². The molecule has 2 fully saturated rings. The highest BCUT2D eigenvalue weighted by Gasteiger charge is 2.30. The molecule has 1 unspecified atom stereocenters. The van der Waals surface area contributed by atoms with E-state index in [1.165, 1.54) is 44.2 Å². The maximum atomic E-state index is 5.94. The van der Waals surface area contributed by atoms with Crippen LogP contribution in [0.1, 0.15) is 37.7 Å². The number of nitrogens with zero attached hydrogens (tertiary/aromatic N) is 3. The van der Waals surface area contributed by atoms with E-state index in [1.807, 2.05) is 19.2 Å². The van der Waals surface area contributed by atoms with Gasteiger partial charge in [-0.3, -0.25) is 9.89 Å². The van der Waals surface area contributed by atoms with Gasteiger partial charge in [-0.25, -0.2) is 0 Å². The number of rotatable bonds is 11. The zero-order chi connectivity index (χ0) is 21.9. The van der Waals surface area contributed by atoms with E-state index >= 15 is 0 Å². The third-order valence-corrected chi connectivity index (χ3v) is 6.40. The smallest absolute Gasteiger partial charge is 0.191 e. The zero-order valence-corrected chi connectivity index (χ0v) is 22.3. The van der Waals surface area contributed by atoms with Crippen molar-refractivity contribution in [2.75, 3.05) is 60.6 Å². The van der Waals surface area contributed by atoms with Crippen molar-refractivity contribution in [3.63, 3.8) is 0 Å². The summed E-state index contributed by atoms with van der Waals surface area (Å²) in [6, 6.07) is 9.58. The lowest BCUT2D eigenvalue weighted by atomic mass is 10.2. The molecule has 32 heavy (non-hydrogen) atoms. The van der Waals surface area contributed by atoms with Gasteiger partial charge in [0.05, 0.1) is 6.61 Å². The lowest BCUT2D eigenvalue weighted by Crippen LogP contribution is -2.45. The molecule has 7 nitrogen and oxygen atoms in total. The number of halogens is 1. The van der Waals surface area contributed by atoms with Gasteiger partial charge in [0.15, 0.2) is 5.96 Å². The molecule has 1 saturated carbocycles. The fraction of sp³-hybridized carbons (Fsp3) is 0.708. The molecular weight excluding hydrogens is 517 g/mol. The standard InChI is InChI=1S/C24H41N5O2.HI/c1-25-24(27-21-11-12-29(19-21)22-8-4-5-9-22)26-18-20-7-6-10-23(17-20)31-16-14-28(2)13-15-30-3;/h6-7,10,17,21-22H,4-5,8-9,11-16,18-19H2,1-3H3,(H2,25,26,27);1H. The largest absolute Gasteiger partial charge is 0.492 e. The van der Waals surface area contributed by atoms with Gasteiger partial charge in [-0.2, -0.15) is 0 Å². The minimum absolute atomic E-state index is 0. The normalized spacial score (nSPS) is 19.9. The third-order valence-electron chi connectivity index (χ3n) is 6.40. The Morgan fingerprint density at radius 1 is 1.19 bits per heavy atom. The van der Waals surface area contributed by atoms with E-state index in [-0.39, 0.29) is 24.0 Å². The molecular formula is C24H42IN5O2. The molecule has 0 bridgehead atoms. The molecule has 1 atom stereocenters. The second-order valence-corrected chi connectivity index (χ2v) is 8.78. The highest BCUT2D eigenvalue weighted by atomic mass is 127. The summed E-state index contributed by atoms with van der Waals surface area (Å²) in [5.74, 6) is 1.79. The van der Waals surface area contributed by atoms with Gasteiger partial charge in [-0.05, 0) is 44.0 Å². The monoisotopic (exact) mass is 559 g/mol. The van der Waals surface area contributed by atoms with Crippen LogP contribution in [0.25, 0.3) is 0 Å². The number of likely N-dealkylation sites (N-methyl/N-ethyl adjacent to an activating group) is 1. The molecule has 1 aliphatic carbocycles. The molecule has 0 radical (unpaired) electrons. The predicted molar refractivity (Wildman–Crippen MR) is 142 cm³/mol. The lowest BCUT2D eigenvalue weighted by molar-refractivity contribution is 0.150. The van der Waals surface area contributed by atoms with Crippen LogP contribution in [0.5, 0.6) is 5.75 Å². The quantitative estimate of drug-likeness (QED) is 0.247. The summed E-state index contributed by atoms with van der Waals surface area (Å²) in [6.07, 6.45) is 6.74. The molecule has 1 aromatic rings. The molecule has 3 rings (SSSR count). The Morgan fingerprint density at radius 3 is 2.72 bits per heavy atom. The topological polar surface area (TPSA) is 61.4 Å². The molecule has 1 aromatic carbocycles. The summed E-state index contributed by atoms with van der Waals surface area (Å²) in [5, 5.41) is 7.08. The number of benzene rings is 1. The number of guanidine groups is 1. The van der Waals surface area contributed by atoms with Crippen LogP contribution in [-0.4, -0.2) is 88.4 Å². The van der Waals surface area contributed by atoms with Gasteiger partial charge in [0, 0.05) is 59.0 Å². The second-order valence-electron chi connectivity index (χ2n) is 8.78. The van der Waals surface area contributed by atoms with Crippen LogP contribution in [0.3, 0.4) is 0 Å². The van der Waals surface area contributed by atoms with Crippen molar-refractivity contribution in [3.8, 4) is 5.75 Å². The van der Waals surface area contributed by atoms with Crippen molar-refractivity contribution >= 4 is 29.9 Å².